The molecule has 4 aliphatic heterocycles. The van der Waals surface area contributed by atoms with Crippen molar-refractivity contribution < 1.29 is 9.59 Å². The highest BCUT2D eigenvalue weighted by Gasteiger charge is 2.63. The Morgan fingerprint density at radius 1 is 1.07 bits per heavy atom. The second kappa shape index (κ2) is 7.27. The van der Waals surface area contributed by atoms with Gasteiger partial charge in [-0.1, -0.05) is 6.07 Å². The number of hydrogen-bond donors (Lipinski definition) is 1. The third-order valence-corrected chi connectivity index (χ3v) is 7.80. The normalized spacial score (nSPS) is 29.2. The van der Waals surface area contributed by atoms with Gasteiger partial charge in [-0.05, 0) is 43.7 Å². The molecule has 4 saturated heterocycles. The summed E-state index contributed by atoms with van der Waals surface area (Å²) in [7, 11) is 0. The monoisotopic (exact) mass is 397 g/mol. The number of likely N-dealkylation sites (tertiary alicyclic amines) is 3. The SMILES string of the molecule is O=C(N1CCCC1)N1CCC2(CC1)CN(Cc1cccnc1)C[C@]21CCNC1=O. The third kappa shape index (κ3) is 3.10. The first-order valence-electron chi connectivity index (χ1n) is 11.1. The standard InChI is InChI=1S/C22H31N5O2/c28-19-22(5-9-24-19)17-25(15-18-4-3-8-23-14-18)16-21(22)6-12-27(13-7-21)20(29)26-10-1-2-11-26/h3-4,8,14H,1-2,5-7,9-13,15-17H2,(H,24,28)/t22-/m0/s1. The molecule has 5 heterocycles. The molecule has 7 nitrogen and oxygen atoms in total. The number of aromatic nitrogens is 1. The average Bonchev–Trinajstić information content (AvgIpc) is 3.45. The molecule has 2 spiro atoms. The molecule has 156 valence electrons. The fourth-order valence-electron chi connectivity index (χ4n) is 6.25. The number of fused-ring (bicyclic) bond motifs is 1. The van der Waals surface area contributed by atoms with E-state index in [1.807, 2.05) is 22.1 Å². The maximum absolute atomic E-state index is 13.1. The third-order valence-electron chi connectivity index (χ3n) is 7.80. The fraction of sp³-hybridized carbons (Fsp3) is 0.682. The molecule has 0 radical (unpaired) electrons. The molecule has 5 rings (SSSR count). The maximum Gasteiger partial charge on any atom is 0.319 e. The van der Waals surface area contributed by atoms with E-state index in [4.69, 9.17) is 0 Å². The van der Waals surface area contributed by atoms with E-state index in [1.165, 1.54) is 5.56 Å². The Bertz CT molecular complexity index is 771. The number of nitrogens with one attached hydrogen (secondary N) is 1. The number of urea groups is 1. The van der Waals surface area contributed by atoms with Gasteiger partial charge in [0.15, 0.2) is 0 Å². The van der Waals surface area contributed by atoms with Crippen molar-refractivity contribution in [1.29, 1.82) is 0 Å². The van der Waals surface area contributed by atoms with E-state index >= 15 is 0 Å². The Morgan fingerprint density at radius 2 is 1.83 bits per heavy atom. The van der Waals surface area contributed by atoms with Crippen LogP contribution in [-0.2, 0) is 11.3 Å². The Morgan fingerprint density at radius 3 is 2.48 bits per heavy atom. The van der Waals surface area contributed by atoms with Gasteiger partial charge in [0, 0.05) is 70.2 Å². The van der Waals surface area contributed by atoms with Gasteiger partial charge in [0.1, 0.15) is 0 Å². The molecule has 1 atom stereocenters. The maximum atomic E-state index is 13.1. The molecule has 4 fully saturated rings. The van der Waals surface area contributed by atoms with Crippen molar-refractivity contribution in [3.8, 4) is 0 Å². The fourth-order valence-corrected chi connectivity index (χ4v) is 6.25. The molecule has 0 bridgehead atoms. The van der Waals surface area contributed by atoms with Crippen molar-refractivity contribution in [3.05, 3.63) is 30.1 Å². The van der Waals surface area contributed by atoms with Crippen LogP contribution in [0.5, 0.6) is 0 Å². The largest absolute Gasteiger partial charge is 0.356 e. The zero-order valence-corrected chi connectivity index (χ0v) is 17.1. The summed E-state index contributed by atoms with van der Waals surface area (Å²) in [4.78, 5) is 36.6. The summed E-state index contributed by atoms with van der Waals surface area (Å²) < 4.78 is 0. The van der Waals surface area contributed by atoms with Crippen molar-refractivity contribution >= 4 is 11.9 Å². The number of rotatable bonds is 2. The highest BCUT2D eigenvalue weighted by molar-refractivity contribution is 5.86. The van der Waals surface area contributed by atoms with Gasteiger partial charge < -0.3 is 15.1 Å². The number of carbonyl (C=O) groups is 2. The first kappa shape index (κ1) is 18.9. The summed E-state index contributed by atoms with van der Waals surface area (Å²) in [6.07, 6.45) is 8.71. The van der Waals surface area contributed by atoms with E-state index in [0.29, 0.717) is 0 Å². The molecule has 0 unspecified atom stereocenters. The Balaban J connectivity index is 1.33. The molecule has 3 amide bonds. The lowest BCUT2D eigenvalue weighted by Gasteiger charge is -2.47. The highest BCUT2D eigenvalue weighted by atomic mass is 16.2. The van der Waals surface area contributed by atoms with Crippen molar-refractivity contribution in [2.45, 2.75) is 38.6 Å². The first-order valence-corrected chi connectivity index (χ1v) is 11.1. The molecule has 1 N–H and O–H groups in total. The van der Waals surface area contributed by atoms with Gasteiger partial charge in [-0.3, -0.25) is 14.7 Å². The number of pyridine rings is 1. The second-order valence-corrected chi connectivity index (χ2v) is 9.34. The van der Waals surface area contributed by atoms with Crippen molar-refractivity contribution in [1.82, 2.24) is 25.0 Å². The summed E-state index contributed by atoms with van der Waals surface area (Å²) in [5, 5.41) is 3.12. The zero-order valence-electron chi connectivity index (χ0n) is 17.1. The first-order chi connectivity index (χ1) is 14.1. The molecule has 1 aromatic heterocycles. The lowest BCUT2D eigenvalue weighted by atomic mass is 9.60. The summed E-state index contributed by atoms with van der Waals surface area (Å²) in [6.45, 7) is 6.68. The van der Waals surface area contributed by atoms with Crippen LogP contribution in [0.2, 0.25) is 0 Å². The Labute approximate surface area is 172 Å². The van der Waals surface area contributed by atoms with Gasteiger partial charge in [0.25, 0.3) is 0 Å². The number of amides is 3. The van der Waals surface area contributed by atoms with Gasteiger partial charge in [-0.2, -0.15) is 0 Å². The molecule has 1 aromatic rings. The van der Waals surface area contributed by atoms with Crippen LogP contribution in [0.25, 0.3) is 0 Å². The lowest BCUT2D eigenvalue weighted by Crippen LogP contribution is -2.55. The smallest absolute Gasteiger partial charge is 0.319 e. The van der Waals surface area contributed by atoms with Gasteiger partial charge in [0.05, 0.1) is 5.41 Å². The van der Waals surface area contributed by atoms with Crippen LogP contribution < -0.4 is 5.32 Å². The topological polar surface area (TPSA) is 68.8 Å². The van der Waals surface area contributed by atoms with Crippen molar-refractivity contribution in [3.63, 3.8) is 0 Å². The Hall–Kier alpha value is -2.15. The summed E-state index contributed by atoms with van der Waals surface area (Å²) in [5.41, 5.74) is 0.856. The number of nitrogens with zero attached hydrogens (tertiary/aromatic N) is 4. The molecule has 4 aliphatic rings. The molecular weight excluding hydrogens is 366 g/mol. The minimum absolute atomic E-state index is 0.0302. The van der Waals surface area contributed by atoms with E-state index in [0.717, 1.165) is 84.5 Å². The predicted octanol–water partition coefficient (Wildman–Crippen LogP) is 1.70. The van der Waals surface area contributed by atoms with Gasteiger partial charge in [-0.15, -0.1) is 0 Å². The summed E-state index contributed by atoms with van der Waals surface area (Å²) >= 11 is 0. The number of hydrogen-bond acceptors (Lipinski definition) is 4. The number of piperidine rings is 1. The van der Waals surface area contributed by atoms with Crippen molar-refractivity contribution in [2.75, 3.05) is 45.8 Å². The predicted molar refractivity (Wildman–Crippen MR) is 109 cm³/mol. The average molecular weight is 398 g/mol. The minimum Gasteiger partial charge on any atom is -0.356 e. The Kier molecular flexibility index (Phi) is 4.73. The zero-order chi connectivity index (χ0) is 19.9. The minimum atomic E-state index is -0.308. The lowest BCUT2D eigenvalue weighted by molar-refractivity contribution is -0.133. The summed E-state index contributed by atoms with van der Waals surface area (Å²) in [6, 6.07) is 4.28. The van der Waals surface area contributed by atoms with Crippen LogP contribution in [0.15, 0.2) is 24.5 Å². The number of carbonyl (C=O) groups excluding carboxylic acids is 2. The molecule has 0 saturated carbocycles. The summed E-state index contributed by atoms with van der Waals surface area (Å²) in [5.74, 6) is 0.227. The van der Waals surface area contributed by atoms with E-state index in [1.54, 1.807) is 6.20 Å². The van der Waals surface area contributed by atoms with Crippen LogP contribution >= 0.6 is 0 Å². The van der Waals surface area contributed by atoms with E-state index in [2.05, 4.69) is 21.3 Å². The van der Waals surface area contributed by atoms with Gasteiger partial charge in [0.2, 0.25) is 5.91 Å². The highest BCUT2D eigenvalue weighted by Crippen LogP contribution is 2.56. The molecule has 0 aromatic carbocycles. The quantitative estimate of drug-likeness (QED) is 0.825. The van der Waals surface area contributed by atoms with E-state index in [-0.39, 0.29) is 22.8 Å². The molecular formula is C22H31N5O2. The van der Waals surface area contributed by atoms with Crippen LogP contribution in [0, 0.1) is 10.8 Å². The molecule has 0 aliphatic carbocycles. The van der Waals surface area contributed by atoms with Crippen LogP contribution in [-0.4, -0.2) is 77.4 Å². The van der Waals surface area contributed by atoms with Crippen molar-refractivity contribution in [2.24, 2.45) is 10.8 Å². The van der Waals surface area contributed by atoms with E-state index in [9.17, 15) is 9.59 Å². The molecule has 7 heteroatoms. The van der Waals surface area contributed by atoms with E-state index < -0.39 is 0 Å². The molecule has 29 heavy (non-hydrogen) atoms. The van der Waals surface area contributed by atoms with Gasteiger partial charge >= 0.3 is 6.03 Å². The van der Waals surface area contributed by atoms with Crippen LogP contribution in [0.1, 0.15) is 37.7 Å². The van der Waals surface area contributed by atoms with Crippen LogP contribution in [0.4, 0.5) is 4.79 Å². The van der Waals surface area contributed by atoms with Gasteiger partial charge in [-0.25, -0.2) is 4.79 Å². The van der Waals surface area contributed by atoms with Crippen LogP contribution in [0.3, 0.4) is 0 Å². The second-order valence-electron chi connectivity index (χ2n) is 9.34.